The minimum Gasteiger partial charge on any atom is -0.489 e. The Hall–Kier alpha value is -1.75. The monoisotopic (exact) mass is 288 g/mol. The molecule has 2 aromatic rings. The number of hydrogen-bond donors (Lipinski definition) is 1. The summed E-state index contributed by atoms with van der Waals surface area (Å²) >= 11 is 0. The van der Waals surface area contributed by atoms with Crippen LogP contribution in [0.1, 0.15) is 31.5 Å². The molecule has 112 valence electrons. The van der Waals surface area contributed by atoms with E-state index in [0.29, 0.717) is 19.3 Å². The summed E-state index contributed by atoms with van der Waals surface area (Å²) in [6.07, 6.45) is 5.64. The number of ether oxygens (including phenoxy) is 3. The molecule has 0 spiro atoms. The van der Waals surface area contributed by atoms with E-state index in [0.717, 1.165) is 54.2 Å². The van der Waals surface area contributed by atoms with Crippen molar-refractivity contribution in [3.8, 4) is 11.5 Å². The summed E-state index contributed by atoms with van der Waals surface area (Å²) in [5.41, 5.74) is 1.96. The lowest BCUT2D eigenvalue weighted by atomic mass is 10.1. The molecule has 2 aliphatic rings. The van der Waals surface area contributed by atoms with Crippen LogP contribution in [0.15, 0.2) is 12.1 Å². The average molecular weight is 288 g/mol. The van der Waals surface area contributed by atoms with Crippen molar-refractivity contribution in [2.75, 3.05) is 19.8 Å². The molecule has 0 aliphatic carbocycles. The maximum absolute atomic E-state index is 5.71. The molecule has 3 heterocycles. The summed E-state index contributed by atoms with van der Waals surface area (Å²) in [7, 11) is 0. The normalized spacial score (nSPS) is 21.6. The van der Waals surface area contributed by atoms with E-state index in [1.807, 2.05) is 12.1 Å². The van der Waals surface area contributed by atoms with Crippen molar-refractivity contribution in [2.45, 2.75) is 38.2 Å². The fraction of sp³-hybridized carbons (Fsp3) is 0.562. The van der Waals surface area contributed by atoms with Crippen LogP contribution in [0.5, 0.6) is 11.5 Å². The molecule has 0 bridgehead atoms. The van der Waals surface area contributed by atoms with E-state index in [1.165, 1.54) is 12.8 Å². The van der Waals surface area contributed by atoms with Crippen molar-refractivity contribution >= 4 is 11.0 Å². The van der Waals surface area contributed by atoms with Gasteiger partial charge in [-0.2, -0.15) is 0 Å². The van der Waals surface area contributed by atoms with Crippen LogP contribution >= 0.6 is 0 Å². The molecular formula is C16H20N2O3. The van der Waals surface area contributed by atoms with Crippen LogP contribution in [-0.4, -0.2) is 35.9 Å². The van der Waals surface area contributed by atoms with E-state index >= 15 is 0 Å². The van der Waals surface area contributed by atoms with Gasteiger partial charge in [0.2, 0.25) is 0 Å². The van der Waals surface area contributed by atoms with Gasteiger partial charge < -0.3 is 19.2 Å². The Kier molecular flexibility index (Phi) is 3.43. The highest BCUT2D eigenvalue weighted by molar-refractivity contribution is 5.79. The zero-order chi connectivity index (χ0) is 14.1. The SMILES string of the molecule is c1c2c(cc3[nH]c(CCC4CCCO4)nc13)OCCCO2. The van der Waals surface area contributed by atoms with Gasteiger partial charge in [0.25, 0.3) is 0 Å². The summed E-state index contributed by atoms with van der Waals surface area (Å²) in [6, 6.07) is 3.97. The topological polar surface area (TPSA) is 56.4 Å². The van der Waals surface area contributed by atoms with E-state index in [9.17, 15) is 0 Å². The van der Waals surface area contributed by atoms with Gasteiger partial charge in [-0.3, -0.25) is 0 Å². The van der Waals surface area contributed by atoms with Crippen LogP contribution in [0.2, 0.25) is 0 Å². The maximum atomic E-state index is 5.71. The fourth-order valence-corrected chi connectivity index (χ4v) is 3.01. The van der Waals surface area contributed by atoms with Crippen LogP contribution in [-0.2, 0) is 11.2 Å². The lowest BCUT2D eigenvalue weighted by molar-refractivity contribution is 0.104. The zero-order valence-electron chi connectivity index (χ0n) is 12.1. The number of aromatic nitrogens is 2. The molecule has 21 heavy (non-hydrogen) atoms. The van der Waals surface area contributed by atoms with E-state index < -0.39 is 0 Å². The molecule has 1 unspecified atom stereocenters. The molecule has 1 N–H and O–H groups in total. The summed E-state index contributed by atoms with van der Waals surface area (Å²) < 4.78 is 17.1. The Balaban J connectivity index is 1.54. The Labute approximate surface area is 123 Å². The number of aromatic amines is 1. The summed E-state index contributed by atoms with van der Waals surface area (Å²) in [5.74, 6) is 2.63. The first-order valence-electron chi connectivity index (χ1n) is 7.78. The third-order valence-corrected chi connectivity index (χ3v) is 4.13. The molecule has 0 amide bonds. The van der Waals surface area contributed by atoms with Gasteiger partial charge in [-0.15, -0.1) is 0 Å². The van der Waals surface area contributed by atoms with Crippen molar-refractivity contribution in [1.29, 1.82) is 0 Å². The van der Waals surface area contributed by atoms with Crippen LogP contribution in [0, 0.1) is 0 Å². The first kappa shape index (κ1) is 13.0. The second-order valence-electron chi connectivity index (χ2n) is 5.72. The maximum Gasteiger partial charge on any atom is 0.163 e. The minimum atomic E-state index is 0.404. The number of imidazole rings is 1. The fourth-order valence-electron chi connectivity index (χ4n) is 3.01. The van der Waals surface area contributed by atoms with Gasteiger partial charge in [0.15, 0.2) is 11.5 Å². The molecule has 2 aliphatic heterocycles. The van der Waals surface area contributed by atoms with Crippen molar-refractivity contribution in [2.24, 2.45) is 0 Å². The summed E-state index contributed by atoms with van der Waals surface area (Å²) in [4.78, 5) is 8.05. The number of hydrogen-bond acceptors (Lipinski definition) is 4. The molecule has 1 saturated heterocycles. The van der Waals surface area contributed by atoms with Crippen LogP contribution < -0.4 is 9.47 Å². The number of aryl methyl sites for hydroxylation is 1. The van der Waals surface area contributed by atoms with E-state index in [-0.39, 0.29) is 0 Å². The highest BCUT2D eigenvalue weighted by Gasteiger charge is 2.17. The molecule has 1 aromatic heterocycles. The van der Waals surface area contributed by atoms with Crippen LogP contribution in [0.3, 0.4) is 0 Å². The second-order valence-corrected chi connectivity index (χ2v) is 5.72. The second kappa shape index (κ2) is 5.56. The summed E-state index contributed by atoms with van der Waals surface area (Å²) in [5, 5.41) is 0. The Morgan fingerprint density at radius 1 is 1.10 bits per heavy atom. The lowest BCUT2D eigenvalue weighted by Crippen LogP contribution is -2.06. The molecule has 0 saturated carbocycles. The quantitative estimate of drug-likeness (QED) is 0.943. The Bertz CT molecular complexity index is 589. The van der Waals surface area contributed by atoms with Crippen LogP contribution in [0.25, 0.3) is 11.0 Å². The van der Waals surface area contributed by atoms with Gasteiger partial charge in [-0.25, -0.2) is 4.98 Å². The third kappa shape index (κ3) is 2.70. The molecule has 1 aromatic carbocycles. The number of H-pyrrole nitrogens is 1. The lowest BCUT2D eigenvalue weighted by Gasteiger charge is -2.06. The van der Waals surface area contributed by atoms with Gasteiger partial charge in [0, 0.05) is 31.6 Å². The predicted octanol–water partition coefficient (Wildman–Crippen LogP) is 2.84. The van der Waals surface area contributed by atoms with Crippen molar-refractivity contribution < 1.29 is 14.2 Å². The molecule has 5 heteroatoms. The highest BCUT2D eigenvalue weighted by Crippen LogP contribution is 2.33. The number of fused-ring (bicyclic) bond motifs is 2. The first-order chi connectivity index (χ1) is 10.4. The number of nitrogens with zero attached hydrogens (tertiary/aromatic N) is 1. The average Bonchev–Trinajstić information content (AvgIpc) is 3.07. The van der Waals surface area contributed by atoms with Crippen molar-refractivity contribution in [3.05, 3.63) is 18.0 Å². The molecule has 1 atom stereocenters. The first-order valence-corrected chi connectivity index (χ1v) is 7.78. The van der Waals surface area contributed by atoms with Gasteiger partial charge in [-0.05, 0) is 19.3 Å². The highest BCUT2D eigenvalue weighted by atomic mass is 16.5. The number of nitrogens with one attached hydrogen (secondary N) is 1. The van der Waals surface area contributed by atoms with E-state index in [2.05, 4.69) is 9.97 Å². The van der Waals surface area contributed by atoms with E-state index in [4.69, 9.17) is 14.2 Å². The molecular weight excluding hydrogens is 268 g/mol. The largest absolute Gasteiger partial charge is 0.489 e. The Morgan fingerprint density at radius 2 is 1.95 bits per heavy atom. The van der Waals surface area contributed by atoms with Gasteiger partial charge in [0.1, 0.15) is 5.82 Å². The minimum absolute atomic E-state index is 0.404. The standard InChI is InChI=1S/C16H20N2O3/c1-3-11(19-6-1)4-5-16-17-12-9-14-15(10-13(12)18-16)21-8-2-7-20-14/h9-11H,1-8H2,(H,17,18). The molecule has 4 rings (SSSR count). The van der Waals surface area contributed by atoms with Crippen molar-refractivity contribution in [3.63, 3.8) is 0 Å². The predicted molar refractivity (Wildman–Crippen MR) is 79.0 cm³/mol. The van der Waals surface area contributed by atoms with Gasteiger partial charge in [0.05, 0.1) is 30.4 Å². The Morgan fingerprint density at radius 3 is 2.76 bits per heavy atom. The van der Waals surface area contributed by atoms with Gasteiger partial charge >= 0.3 is 0 Å². The van der Waals surface area contributed by atoms with Crippen LogP contribution in [0.4, 0.5) is 0 Å². The smallest absolute Gasteiger partial charge is 0.163 e. The van der Waals surface area contributed by atoms with Crippen molar-refractivity contribution in [1.82, 2.24) is 9.97 Å². The number of rotatable bonds is 3. The van der Waals surface area contributed by atoms with Gasteiger partial charge in [-0.1, -0.05) is 0 Å². The number of benzene rings is 1. The third-order valence-electron chi connectivity index (χ3n) is 4.13. The molecule has 0 radical (unpaired) electrons. The zero-order valence-corrected chi connectivity index (χ0v) is 12.1. The summed E-state index contributed by atoms with van der Waals surface area (Å²) in [6.45, 7) is 2.32. The molecule has 5 nitrogen and oxygen atoms in total. The van der Waals surface area contributed by atoms with E-state index in [1.54, 1.807) is 0 Å². The molecule has 1 fully saturated rings.